The van der Waals surface area contributed by atoms with Crippen LogP contribution in [0.4, 0.5) is 0 Å². The molecular formula is C25H24N4O3. The number of nitrogens with one attached hydrogen (secondary N) is 2. The first kappa shape index (κ1) is 20.2. The minimum Gasteiger partial charge on any atom is -0.378 e. The number of hydrogen-bond acceptors (Lipinski definition) is 4. The van der Waals surface area contributed by atoms with Crippen molar-refractivity contribution in [3.63, 3.8) is 0 Å². The number of rotatable bonds is 4. The number of aromatic nitrogens is 2. The van der Waals surface area contributed by atoms with Crippen LogP contribution < -0.4 is 5.32 Å². The smallest absolute Gasteiger partial charge is 0.253 e. The molecule has 5 rings (SSSR count). The van der Waals surface area contributed by atoms with Crippen LogP contribution in [0.5, 0.6) is 0 Å². The second-order valence-electron chi connectivity index (χ2n) is 7.90. The van der Waals surface area contributed by atoms with Crippen molar-refractivity contribution in [3.8, 4) is 22.5 Å². The van der Waals surface area contributed by atoms with Gasteiger partial charge in [-0.1, -0.05) is 24.3 Å². The van der Waals surface area contributed by atoms with E-state index in [2.05, 4.69) is 15.3 Å². The lowest BCUT2D eigenvalue weighted by Gasteiger charge is -2.25. The fourth-order valence-corrected chi connectivity index (χ4v) is 4.03. The van der Waals surface area contributed by atoms with E-state index in [0.29, 0.717) is 38.4 Å². The van der Waals surface area contributed by atoms with Gasteiger partial charge in [-0.3, -0.25) is 14.6 Å². The molecule has 0 saturated carbocycles. The Morgan fingerprint density at radius 1 is 1.06 bits per heavy atom. The van der Waals surface area contributed by atoms with Crippen LogP contribution in [0.3, 0.4) is 0 Å². The van der Waals surface area contributed by atoms with E-state index in [-0.39, 0.29) is 11.8 Å². The molecule has 7 nitrogen and oxygen atoms in total. The highest BCUT2D eigenvalue weighted by atomic mass is 16.5. The summed E-state index contributed by atoms with van der Waals surface area (Å²) in [6.07, 6.45) is 6.03. The molecule has 1 saturated heterocycles. The molecule has 2 N–H and O–H groups in total. The zero-order valence-electron chi connectivity index (χ0n) is 17.6. The third kappa shape index (κ3) is 4.20. The molecule has 0 unspecified atom stereocenters. The van der Waals surface area contributed by atoms with Crippen LogP contribution in [-0.2, 0) is 16.0 Å². The third-order valence-electron chi connectivity index (χ3n) is 5.82. The number of nitrogens with zero attached hydrogens (tertiary/aromatic N) is 2. The van der Waals surface area contributed by atoms with E-state index in [1.54, 1.807) is 17.2 Å². The molecule has 2 aliphatic heterocycles. The lowest BCUT2D eigenvalue weighted by Crippen LogP contribution is -2.39. The van der Waals surface area contributed by atoms with Gasteiger partial charge >= 0.3 is 0 Å². The maximum atomic E-state index is 12.3. The van der Waals surface area contributed by atoms with Gasteiger partial charge in [-0.25, -0.2) is 0 Å². The highest BCUT2D eigenvalue weighted by molar-refractivity contribution is 5.97. The zero-order valence-corrected chi connectivity index (χ0v) is 17.6. The van der Waals surface area contributed by atoms with Gasteiger partial charge in [0.05, 0.1) is 24.5 Å². The first-order valence-corrected chi connectivity index (χ1v) is 10.8. The summed E-state index contributed by atoms with van der Waals surface area (Å²) in [5, 5.41) is 2.88. The van der Waals surface area contributed by atoms with Gasteiger partial charge in [0, 0.05) is 60.8 Å². The first-order valence-electron chi connectivity index (χ1n) is 10.8. The summed E-state index contributed by atoms with van der Waals surface area (Å²) in [4.78, 5) is 34.0. The molecule has 0 bridgehead atoms. The minimum absolute atomic E-state index is 0.00840. The third-order valence-corrected chi connectivity index (χ3v) is 5.82. The van der Waals surface area contributed by atoms with E-state index in [1.165, 1.54) is 0 Å². The van der Waals surface area contributed by atoms with Crippen molar-refractivity contribution >= 4 is 17.9 Å². The Bertz CT molecular complexity index is 1170. The molecule has 7 heteroatoms. The van der Waals surface area contributed by atoms with Crippen LogP contribution >= 0.6 is 0 Å². The molecule has 32 heavy (non-hydrogen) atoms. The van der Waals surface area contributed by atoms with Gasteiger partial charge in [-0.15, -0.1) is 0 Å². The predicted octanol–water partition coefficient (Wildman–Crippen LogP) is 2.90. The maximum absolute atomic E-state index is 12.3. The number of carbonyl (C=O) groups is 2. The standard InChI is InChI=1S/C25H24N4O3/c30-24(29-11-13-32-14-12-29)6-3-17-1-4-18(5-2-17)22-15-19(7-9-26-22)23-16-20-21(28-23)8-10-27-25(20)31/h1-7,9,15-16,28H,8,10-14H2,(H,27,31)/b6-3+. The Kier molecular flexibility index (Phi) is 5.56. The van der Waals surface area contributed by atoms with Crippen LogP contribution in [0.1, 0.15) is 21.6 Å². The predicted molar refractivity (Wildman–Crippen MR) is 122 cm³/mol. The van der Waals surface area contributed by atoms with Crippen molar-refractivity contribution in [1.82, 2.24) is 20.2 Å². The number of H-pyrrole nitrogens is 1. The summed E-state index contributed by atoms with van der Waals surface area (Å²) < 4.78 is 5.29. The molecule has 2 aromatic heterocycles. The molecule has 0 radical (unpaired) electrons. The van der Waals surface area contributed by atoms with Crippen molar-refractivity contribution in [3.05, 3.63) is 71.6 Å². The van der Waals surface area contributed by atoms with E-state index in [1.807, 2.05) is 48.5 Å². The topological polar surface area (TPSA) is 87.3 Å². The van der Waals surface area contributed by atoms with Gasteiger partial charge in [-0.2, -0.15) is 0 Å². The summed E-state index contributed by atoms with van der Waals surface area (Å²) >= 11 is 0. The normalized spacial score (nSPS) is 16.1. The van der Waals surface area contributed by atoms with E-state index >= 15 is 0 Å². The molecule has 0 aliphatic carbocycles. The van der Waals surface area contributed by atoms with Gasteiger partial charge in [0.1, 0.15) is 0 Å². The molecule has 3 aromatic rings. The molecule has 2 aliphatic rings. The van der Waals surface area contributed by atoms with Crippen molar-refractivity contribution in [2.75, 3.05) is 32.8 Å². The van der Waals surface area contributed by atoms with Crippen molar-refractivity contribution < 1.29 is 14.3 Å². The Balaban J connectivity index is 1.32. The fourth-order valence-electron chi connectivity index (χ4n) is 4.03. The molecule has 1 fully saturated rings. The van der Waals surface area contributed by atoms with Gasteiger partial charge in [0.15, 0.2) is 0 Å². The summed E-state index contributed by atoms with van der Waals surface area (Å²) in [5.41, 5.74) is 6.37. The number of fused-ring (bicyclic) bond motifs is 1. The maximum Gasteiger partial charge on any atom is 0.253 e. The summed E-state index contributed by atoms with van der Waals surface area (Å²) in [6.45, 7) is 3.13. The number of carbonyl (C=O) groups excluding carboxylic acids is 2. The quantitative estimate of drug-likeness (QED) is 0.626. The monoisotopic (exact) mass is 428 g/mol. The van der Waals surface area contributed by atoms with Crippen LogP contribution in [0.25, 0.3) is 28.6 Å². The largest absolute Gasteiger partial charge is 0.378 e. The highest BCUT2D eigenvalue weighted by Crippen LogP contribution is 2.27. The minimum atomic E-state index is -0.0289. The van der Waals surface area contributed by atoms with Crippen molar-refractivity contribution in [2.24, 2.45) is 0 Å². The van der Waals surface area contributed by atoms with Gasteiger partial charge in [-0.05, 0) is 29.8 Å². The lowest BCUT2D eigenvalue weighted by atomic mass is 10.0. The van der Waals surface area contributed by atoms with Crippen LogP contribution in [0.15, 0.2) is 54.7 Å². The number of morpholine rings is 1. The van der Waals surface area contributed by atoms with E-state index in [0.717, 1.165) is 40.2 Å². The summed E-state index contributed by atoms with van der Waals surface area (Å²) in [7, 11) is 0. The van der Waals surface area contributed by atoms with Crippen LogP contribution in [-0.4, -0.2) is 59.5 Å². The fraction of sp³-hybridized carbons (Fsp3) is 0.240. The molecule has 2 amide bonds. The number of pyridine rings is 1. The van der Waals surface area contributed by atoms with Gasteiger partial charge in [0.2, 0.25) is 5.91 Å². The molecule has 4 heterocycles. The zero-order chi connectivity index (χ0) is 21.9. The molecule has 0 spiro atoms. The van der Waals surface area contributed by atoms with E-state index < -0.39 is 0 Å². The molecule has 1 aromatic carbocycles. The number of hydrogen-bond donors (Lipinski definition) is 2. The van der Waals surface area contributed by atoms with Crippen molar-refractivity contribution in [2.45, 2.75) is 6.42 Å². The Hall–Kier alpha value is -3.71. The Morgan fingerprint density at radius 2 is 1.88 bits per heavy atom. The number of ether oxygens (including phenoxy) is 1. The summed E-state index contributed by atoms with van der Waals surface area (Å²) in [5.74, 6) is -0.0205. The van der Waals surface area contributed by atoms with Gasteiger partial charge in [0.25, 0.3) is 5.91 Å². The Morgan fingerprint density at radius 3 is 2.66 bits per heavy atom. The molecule has 0 atom stereocenters. The average molecular weight is 428 g/mol. The molecule has 162 valence electrons. The second-order valence-corrected chi connectivity index (χ2v) is 7.90. The number of aromatic amines is 1. The van der Waals surface area contributed by atoms with Crippen molar-refractivity contribution in [1.29, 1.82) is 0 Å². The van der Waals surface area contributed by atoms with E-state index in [4.69, 9.17) is 4.74 Å². The van der Waals surface area contributed by atoms with Gasteiger partial charge < -0.3 is 19.9 Å². The lowest BCUT2D eigenvalue weighted by molar-refractivity contribution is -0.129. The number of benzene rings is 1. The van der Waals surface area contributed by atoms with Crippen LogP contribution in [0, 0.1) is 0 Å². The SMILES string of the molecule is O=C1NCCc2[nH]c(-c3ccnc(-c4ccc(/C=C/C(=O)N5CCOCC5)cc4)c3)cc21. The first-order chi connectivity index (χ1) is 15.7. The highest BCUT2D eigenvalue weighted by Gasteiger charge is 2.20. The number of amides is 2. The van der Waals surface area contributed by atoms with E-state index in [9.17, 15) is 9.59 Å². The second kappa shape index (κ2) is 8.80. The Labute approximate surface area is 186 Å². The summed E-state index contributed by atoms with van der Waals surface area (Å²) in [6, 6.07) is 13.8. The molecular weight excluding hydrogens is 404 g/mol. The van der Waals surface area contributed by atoms with Crippen LogP contribution in [0.2, 0.25) is 0 Å². The average Bonchev–Trinajstić information content (AvgIpc) is 3.29.